The van der Waals surface area contributed by atoms with Crippen molar-refractivity contribution in [1.82, 2.24) is 15.0 Å². The Bertz CT molecular complexity index is 758. The molecule has 6 nitrogen and oxygen atoms in total. The molecule has 0 unspecified atom stereocenters. The van der Waals surface area contributed by atoms with Gasteiger partial charge < -0.3 is 14.2 Å². The van der Waals surface area contributed by atoms with Gasteiger partial charge in [-0.1, -0.05) is 23.7 Å². The topological polar surface area (TPSA) is 58.8 Å². The molecule has 1 aromatic carbocycles. The van der Waals surface area contributed by atoms with Crippen molar-refractivity contribution < 1.29 is 14.1 Å². The lowest BCUT2D eigenvalue weighted by molar-refractivity contribution is 0.0365. The van der Waals surface area contributed by atoms with Gasteiger partial charge in [0.05, 0.1) is 12.7 Å². The van der Waals surface area contributed by atoms with Gasteiger partial charge in [0.1, 0.15) is 5.75 Å². The van der Waals surface area contributed by atoms with Crippen LogP contribution in [-0.2, 0) is 0 Å². The predicted octanol–water partition coefficient (Wildman–Crippen LogP) is 2.66. The first kappa shape index (κ1) is 16.1. The Morgan fingerprint density at radius 2 is 2.12 bits per heavy atom. The van der Waals surface area contributed by atoms with E-state index in [0.717, 1.165) is 31.7 Å². The van der Waals surface area contributed by atoms with Crippen LogP contribution in [0.2, 0.25) is 0 Å². The van der Waals surface area contributed by atoms with Crippen LogP contribution in [0.5, 0.6) is 5.75 Å². The monoisotopic (exact) mass is 341 g/mol. The highest BCUT2D eigenvalue weighted by molar-refractivity contribution is 5.93. The van der Waals surface area contributed by atoms with E-state index in [9.17, 15) is 4.79 Å². The summed E-state index contributed by atoms with van der Waals surface area (Å²) in [7, 11) is 1.62. The zero-order valence-corrected chi connectivity index (χ0v) is 14.5. The van der Waals surface area contributed by atoms with Crippen molar-refractivity contribution in [1.29, 1.82) is 0 Å². The van der Waals surface area contributed by atoms with E-state index in [1.54, 1.807) is 13.2 Å². The summed E-state index contributed by atoms with van der Waals surface area (Å²) in [6, 6.07) is 9.77. The summed E-state index contributed by atoms with van der Waals surface area (Å²) in [4.78, 5) is 17.3. The second-order valence-electron chi connectivity index (χ2n) is 6.71. The summed E-state index contributed by atoms with van der Waals surface area (Å²) in [6.07, 6.45) is 3.70. The standard InChI is InChI=1S/C19H23N3O3/c1-24-17-8-3-2-7-15(17)18-12-16(20-25-18)19(23)22-11-10-21-9-5-4-6-14(21)13-22/h2-3,7-8,12,14H,4-6,9-11,13H2,1H3/t14-/m1/s1. The van der Waals surface area contributed by atoms with Gasteiger partial charge >= 0.3 is 0 Å². The number of rotatable bonds is 3. The molecule has 0 radical (unpaired) electrons. The first-order chi connectivity index (χ1) is 12.3. The molecule has 25 heavy (non-hydrogen) atoms. The molecule has 1 aromatic heterocycles. The Morgan fingerprint density at radius 1 is 1.24 bits per heavy atom. The van der Waals surface area contributed by atoms with Crippen molar-refractivity contribution in [3.8, 4) is 17.1 Å². The first-order valence-corrected chi connectivity index (χ1v) is 8.89. The number of fused-ring (bicyclic) bond motifs is 1. The van der Waals surface area contributed by atoms with E-state index in [2.05, 4.69) is 10.1 Å². The van der Waals surface area contributed by atoms with Crippen molar-refractivity contribution >= 4 is 5.91 Å². The maximum absolute atomic E-state index is 12.8. The zero-order chi connectivity index (χ0) is 17.2. The number of nitrogens with zero attached hydrogens (tertiary/aromatic N) is 3. The molecule has 0 bridgehead atoms. The summed E-state index contributed by atoms with van der Waals surface area (Å²) >= 11 is 0. The Hall–Kier alpha value is -2.34. The van der Waals surface area contributed by atoms with Gasteiger partial charge in [-0.3, -0.25) is 9.69 Å². The minimum Gasteiger partial charge on any atom is -0.496 e. The van der Waals surface area contributed by atoms with E-state index in [0.29, 0.717) is 23.2 Å². The molecule has 2 saturated heterocycles. The Morgan fingerprint density at radius 3 is 3.00 bits per heavy atom. The summed E-state index contributed by atoms with van der Waals surface area (Å²) in [5.41, 5.74) is 1.17. The minimum atomic E-state index is -0.0462. The van der Waals surface area contributed by atoms with Crippen LogP contribution in [0.15, 0.2) is 34.9 Å². The molecular formula is C19H23N3O3. The molecule has 1 amide bonds. The zero-order valence-electron chi connectivity index (χ0n) is 14.5. The minimum absolute atomic E-state index is 0.0462. The molecule has 2 aromatic rings. The number of benzene rings is 1. The second-order valence-corrected chi connectivity index (χ2v) is 6.71. The molecular weight excluding hydrogens is 318 g/mol. The molecule has 2 fully saturated rings. The molecule has 1 atom stereocenters. The van der Waals surface area contributed by atoms with E-state index in [4.69, 9.17) is 9.26 Å². The number of hydrogen-bond donors (Lipinski definition) is 0. The molecule has 2 aliphatic heterocycles. The van der Waals surface area contributed by atoms with Gasteiger partial charge in [0.2, 0.25) is 0 Å². The number of hydrogen-bond acceptors (Lipinski definition) is 5. The van der Waals surface area contributed by atoms with Crippen LogP contribution in [0.4, 0.5) is 0 Å². The van der Waals surface area contributed by atoms with E-state index in [1.165, 1.54) is 19.3 Å². The third-order valence-electron chi connectivity index (χ3n) is 5.23. The Labute approximate surface area is 147 Å². The van der Waals surface area contributed by atoms with Gasteiger partial charge in [0.25, 0.3) is 5.91 Å². The molecule has 0 N–H and O–H groups in total. The molecule has 0 aliphatic carbocycles. The summed E-state index contributed by atoms with van der Waals surface area (Å²) in [6.45, 7) is 3.66. The van der Waals surface area contributed by atoms with Gasteiger partial charge in [-0.25, -0.2) is 0 Å². The van der Waals surface area contributed by atoms with Crippen LogP contribution in [-0.4, -0.2) is 60.2 Å². The van der Waals surface area contributed by atoms with Gasteiger partial charge in [-0.2, -0.15) is 0 Å². The predicted molar refractivity (Wildman–Crippen MR) is 93.6 cm³/mol. The maximum Gasteiger partial charge on any atom is 0.276 e. The Balaban J connectivity index is 1.51. The molecule has 4 rings (SSSR count). The van der Waals surface area contributed by atoms with Crippen LogP contribution in [0.1, 0.15) is 29.8 Å². The number of piperazine rings is 1. The normalized spacial score (nSPS) is 21.0. The van der Waals surface area contributed by atoms with Crippen LogP contribution in [0.3, 0.4) is 0 Å². The number of ether oxygens (including phenoxy) is 1. The largest absolute Gasteiger partial charge is 0.496 e. The number of piperidine rings is 1. The number of para-hydroxylation sites is 1. The highest BCUT2D eigenvalue weighted by atomic mass is 16.5. The average Bonchev–Trinajstić information content (AvgIpc) is 3.17. The van der Waals surface area contributed by atoms with Gasteiger partial charge in [-0.05, 0) is 31.5 Å². The number of aromatic nitrogens is 1. The fourth-order valence-corrected chi connectivity index (χ4v) is 3.85. The van der Waals surface area contributed by atoms with Crippen LogP contribution in [0, 0.1) is 0 Å². The molecule has 0 spiro atoms. The fourth-order valence-electron chi connectivity index (χ4n) is 3.85. The maximum atomic E-state index is 12.8. The third-order valence-corrected chi connectivity index (χ3v) is 5.23. The van der Waals surface area contributed by atoms with Crippen LogP contribution in [0.25, 0.3) is 11.3 Å². The van der Waals surface area contributed by atoms with Crippen molar-refractivity contribution in [2.75, 3.05) is 33.3 Å². The van der Waals surface area contributed by atoms with Gasteiger partial charge in [0, 0.05) is 31.7 Å². The average molecular weight is 341 g/mol. The van der Waals surface area contributed by atoms with Crippen molar-refractivity contribution in [2.24, 2.45) is 0 Å². The summed E-state index contributed by atoms with van der Waals surface area (Å²) < 4.78 is 10.8. The second kappa shape index (κ2) is 6.88. The molecule has 6 heteroatoms. The van der Waals surface area contributed by atoms with Gasteiger partial charge in [0.15, 0.2) is 11.5 Å². The van der Waals surface area contributed by atoms with E-state index >= 15 is 0 Å². The lowest BCUT2D eigenvalue weighted by atomic mass is 9.99. The van der Waals surface area contributed by atoms with Crippen molar-refractivity contribution in [3.05, 3.63) is 36.0 Å². The molecule has 2 aliphatic rings. The molecule has 132 valence electrons. The quantitative estimate of drug-likeness (QED) is 0.859. The molecule has 0 saturated carbocycles. The SMILES string of the molecule is COc1ccccc1-c1cc(C(=O)N2CCN3CCCC[C@@H]3C2)no1. The summed E-state index contributed by atoms with van der Waals surface area (Å²) in [5.74, 6) is 1.21. The third kappa shape index (κ3) is 3.14. The van der Waals surface area contributed by atoms with Crippen LogP contribution >= 0.6 is 0 Å². The van der Waals surface area contributed by atoms with Crippen molar-refractivity contribution in [2.45, 2.75) is 25.3 Å². The van der Waals surface area contributed by atoms with Gasteiger partial charge in [-0.15, -0.1) is 0 Å². The Kier molecular flexibility index (Phi) is 4.44. The number of amides is 1. The highest BCUT2D eigenvalue weighted by Crippen LogP contribution is 2.30. The highest BCUT2D eigenvalue weighted by Gasteiger charge is 2.32. The van der Waals surface area contributed by atoms with E-state index < -0.39 is 0 Å². The van der Waals surface area contributed by atoms with Crippen molar-refractivity contribution in [3.63, 3.8) is 0 Å². The number of carbonyl (C=O) groups excluding carboxylic acids is 1. The number of methoxy groups -OCH3 is 1. The lowest BCUT2D eigenvalue weighted by Crippen LogP contribution is -2.56. The number of carbonyl (C=O) groups is 1. The first-order valence-electron chi connectivity index (χ1n) is 8.89. The summed E-state index contributed by atoms with van der Waals surface area (Å²) in [5, 5.41) is 4.01. The van der Waals surface area contributed by atoms with E-state index in [-0.39, 0.29) is 5.91 Å². The van der Waals surface area contributed by atoms with Crippen LogP contribution < -0.4 is 4.74 Å². The smallest absolute Gasteiger partial charge is 0.276 e. The molecule has 3 heterocycles. The fraction of sp³-hybridized carbons (Fsp3) is 0.474. The van der Waals surface area contributed by atoms with E-state index in [1.807, 2.05) is 29.2 Å². The lowest BCUT2D eigenvalue weighted by Gasteiger charge is -2.43.